The number of hydrogen-bond acceptors (Lipinski definition) is 10. The van der Waals surface area contributed by atoms with Crippen molar-refractivity contribution in [3.63, 3.8) is 0 Å². The SMILES string of the molecule is CCCn1c(N2CCC(C(=O)OCC)CC2)c(C=C2SC(=S)N(Cc3ccc4c(c3)OCO4)C2=O)c(C)c(C#N)c1=O. The van der Waals surface area contributed by atoms with Crippen molar-refractivity contribution >= 4 is 52.1 Å². The topological polar surface area (TPSA) is 114 Å². The van der Waals surface area contributed by atoms with Gasteiger partial charge in [0.1, 0.15) is 21.8 Å². The molecule has 0 spiro atoms. The second-order valence-corrected chi connectivity index (χ2v) is 12.0. The maximum atomic E-state index is 13.7. The van der Waals surface area contributed by atoms with Gasteiger partial charge in [-0.15, -0.1) is 0 Å². The van der Waals surface area contributed by atoms with Gasteiger partial charge in [0.05, 0.1) is 24.0 Å². The van der Waals surface area contributed by atoms with Gasteiger partial charge >= 0.3 is 5.97 Å². The first-order chi connectivity index (χ1) is 20.3. The number of piperidine rings is 1. The van der Waals surface area contributed by atoms with Crippen molar-refractivity contribution in [3.8, 4) is 17.6 Å². The highest BCUT2D eigenvalue weighted by Gasteiger charge is 2.35. The Bertz CT molecular complexity index is 1570. The molecular formula is C30H32N4O6S2. The number of thiocarbonyl (C=S) groups is 1. The van der Waals surface area contributed by atoms with Gasteiger partial charge in [0, 0.05) is 25.2 Å². The van der Waals surface area contributed by atoms with E-state index in [1.54, 1.807) is 24.5 Å². The molecule has 12 heteroatoms. The number of aromatic nitrogens is 1. The van der Waals surface area contributed by atoms with Crippen LogP contribution in [0.25, 0.3) is 6.08 Å². The van der Waals surface area contributed by atoms with Gasteiger partial charge < -0.3 is 19.1 Å². The maximum absolute atomic E-state index is 13.7. The third-order valence-corrected chi connectivity index (χ3v) is 9.01. The molecule has 0 bridgehead atoms. The first-order valence-electron chi connectivity index (χ1n) is 14.0. The number of benzene rings is 1. The summed E-state index contributed by atoms with van der Waals surface area (Å²) in [6.07, 6.45) is 3.59. The van der Waals surface area contributed by atoms with E-state index in [-0.39, 0.29) is 42.3 Å². The van der Waals surface area contributed by atoms with Crippen molar-refractivity contribution in [2.24, 2.45) is 5.92 Å². The van der Waals surface area contributed by atoms with E-state index >= 15 is 0 Å². The first kappa shape index (κ1) is 29.7. The number of nitrogens with zero attached hydrogens (tertiary/aromatic N) is 4. The number of thioether (sulfide) groups is 1. The smallest absolute Gasteiger partial charge is 0.309 e. The number of amides is 1. The second-order valence-electron chi connectivity index (χ2n) is 10.3. The zero-order valence-corrected chi connectivity index (χ0v) is 25.4. The minimum atomic E-state index is -0.355. The number of carbonyl (C=O) groups is 2. The van der Waals surface area contributed by atoms with Crippen LogP contribution in [0.3, 0.4) is 0 Å². The largest absolute Gasteiger partial charge is 0.466 e. The van der Waals surface area contributed by atoms with Crippen LogP contribution in [0.15, 0.2) is 27.9 Å². The fraction of sp³-hybridized carbons (Fsp3) is 0.433. The van der Waals surface area contributed by atoms with Gasteiger partial charge in [0.15, 0.2) is 11.5 Å². The van der Waals surface area contributed by atoms with Gasteiger partial charge in [-0.25, -0.2) is 0 Å². The van der Waals surface area contributed by atoms with Crippen LogP contribution < -0.4 is 19.9 Å². The Balaban J connectivity index is 1.51. The van der Waals surface area contributed by atoms with E-state index in [0.717, 1.165) is 5.56 Å². The molecule has 1 aromatic carbocycles. The predicted molar refractivity (Wildman–Crippen MR) is 163 cm³/mol. The summed E-state index contributed by atoms with van der Waals surface area (Å²) in [6, 6.07) is 7.61. The van der Waals surface area contributed by atoms with Crippen LogP contribution in [0.5, 0.6) is 11.5 Å². The molecule has 1 amide bonds. The van der Waals surface area contributed by atoms with Crippen LogP contribution in [-0.4, -0.2) is 52.2 Å². The van der Waals surface area contributed by atoms with Crippen LogP contribution in [-0.2, 0) is 27.4 Å². The summed E-state index contributed by atoms with van der Waals surface area (Å²) in [5.74, 6) is 1.28. The third kappa shape index (κ3) is 5.63. The fourth-order valence-electron chi connectivity index (χ4n) is 5.49. The number of hydrogen-bond donors (Lipinski definition) is 0. The molecule has 0 N–H and O–H groups in total. The minimum absolute atomic E-state index is 0.0516. The molecule has 3 aliphatic rings. The Hall–Kier alpha value is -3.82. The maximum Gasteiger partial charge on any atom is 0.309 e. The number of fused-ring (bicyclic) bond motifs is 1. The molecular weight excluding hydrogens is 576 g/mol. The van der Waals surface area contributed by atoms with E-state index < -0.39 is 0 Å². The van der Waals surface area contributed by atoms with Crippen LogP contribution in [0.2, 0.25) is 0 Å². The monoisotopic (exact) mass is 608 g/mol. The Labute approximate surface area is 253 Å². The molecule has 0 aliphatic carbocycles. The van der Waals surface area contributed by atoms with Crippen LogP contribution in [0, 0.1) is 24.2 Å². The molecule has 2 fully saturated rings. The lowest BCUT2D eigenvalue weighted by Gasteiger charge is -2.35. The van der Waals surface area contributed by atoms with E-state index in [1.807, 2.05) is 25.1 Å². The number of ether oxygens (including phenoxy) is 3. The van der Waals surface area contributed by atoms with Crippen molar-refractivity contribution in [2.45, 2.75) is 53.1 Å². The average molecular weight is 609 g/mol. The van der Waals surface area contributed by atoms with Gasteiger partial charge in [-0.2, -0.15) is 5.26 Å². The summed E-state index contributed by atoms with van der Waals surface area (Å²) in [7, 11) is 0. The van der Waals surface area contributed by atoms with Gasteiger partial charge in [0.2, 0.25) is 6.79 Å². The van der Waals surface area contributed by atoms with Crippen LogP contribution >= 0.6 is 24.0 Å². The van der Waals surface area contributed by atoms with Crippen molar-refractivity contribution in [1.82, 2.24) is 9.47 Å². The summed E-state index contributed by atoms with van der Waals surface area (Å²) < 4.78 is 18.1. The Morgan fingerprint density at radius 2 is 1.95 bits per heavy atom. The molecule has 0 atom stereocenters. The van der Waals surface area contributed by atoms with Crippen molar-refractivity contribution in [1.29, 1.82) is 5.26 Å². The lowest BCUT2D eigenvalue weighted by atomic mass is 9.95. The molecule has 0 radical (unpaired) electrons. The highest BCUT2D eigenvalue weighted by molar-refractivity contribution is 8.26. The summed E-state index contributed by atoms with van der Waals surface area (Å²) in [4.78, 5) is 43.5. The zero-order valence-electron chi connectivity index (χ0n) is 23.8. The second kappa shape index (κ2) is 12.6. The van der Waals surface area contributed by atoms with Crippen LogP contribution in [0.4, 0.5) is 5.82 Å². The fourth-order valence-corrected chi connectivity index (χ4v) is 6.73. The lowest BCUT2D eigenvalue weighted by molar-refractivity contribution is -0.148. The van der Waals surface area contributed by atoms with Gasteiger partial charge in [-0.3, -0.25) is 23.9 Å². The molecule has 4 heterocycles. The highest BCUT2D eigenvalue weighted by Crippen LogP contribution is 2.39. The summed E-state index contributed by atoms with van der Waals surface area (Å²) in [6.45, 7) is 7.74. The molecule has 1 aromatic heterocycles. The van der Waals surface area contributed by atoms with Crippen molar-refractivity contribution in [2.75, 3.05) is 31.4 Å². The number of nitriles is 1. The normalized spacial score (nSPS) is 17.7. The van der Waals surface area contributed by atoms with E-state index in [4.69, 9.17) is 26.4 Å². The van der Waals surface area contributed by atoms with Gasteiger partial charge in [-0.05, 0) is 62.4 Å². The van der Waals surface area contributed by atoms with E-state index in [1.165, 1.54) is 16.7 Å². The molecule has 2 saturated heterocycles. The predicted octanol–water partition coefficient (Wildman–Crippen LogP) is 4.35. The molecule has 10 nitrogen and oxygen atoms in total. The first-order valence-corrected chi connectivity index (χ1v) is 15.2. The Kier molecular flexibility index (Phi) is 8.89. The molecule has 42 heavy (non-hydrogen) atoms. The molecule has 2 aromatic rings. The molecule has 0 saturated carbocycles. The van der Waals surface area contributed by atoms with Crippen LogP contribution in [0.1, 0.15) is 55.4 Å². The minimum Gasteiger partial charge on any atom is -0.466 e. The van der Waals surface area contributed by atoms with Crippen molar-refractivity contribution in [3.05, 3.63) is 55.7 Å². The van der Waals surface area contributed by atoms with E-state index in [0.29, 0.717) is 83.2 Å². The summed E-state index contributed by atoms with van der Waals surface area (Å²) in [5, 5.41) is 9.92. The number of carbonyl (C=O) groups excluding carboxylic acids is 2. The average Bonchev–Trinajstić information content (AvgIpc) is 3.56. The zero-order chi connectivity index (χ0) is 30.0. The standard InChI is InChI=1S/C30H32N4O6S2/c1-4-10-33-26(32-11-8-20(9-12-32)29(37)38-5-2)21(18(3)22(15-31)27(33)35)14-25-28(36)34(30(41)42-25)16-19-6-7-23-24(13-19)40-17-39-23/h6-7,13-14,20H,4-5,8-12,16-17H2,1-3H3. The summed E-state index contributed by atoms with van der Waals surface area (Å²) in [5.41, 5.74) is 1.69. The third-order valence-electron chi connectivity index (χ3n) is 7.63. The Morgan fingerprint density at radius 1 is 1.21 bits per heavy atom. The number of rotatable bonds is 8. The number of esters is 1. The van der Waals surface area contributed by atoms with Crippen molar-refractivity contribution < 1.29 is 23.8 Å². The van der Waals surface area contributed by atoms with Gasteiger partial charge in [0.25, 0.3) is 11.5 Å². The van der Waals surface area contributed by atoms with E-state index in [2.05, 4.69) is 11.0 Å². The number of pyridine rings is 1. The molecule has 0 unspecified atom stereocenters. The molecule has 3 aliphatic heterocycles. The Morgan fingerprint density at radius 3 is 2.64 bits per heavy atom. The highest BCUT2D eigenvalue weighted by atomic mass is 32.2. The molecule has 220 valence electrons. The lowest BCUT2D eigenvalue weighted by Crippen LogP contribution is -2.41. The summed E-state index contributed by atoms with van der Waals surface area (Å²) >= 11 is 6.80. The molecule has 5 rings (SSSR count). The van der Waals surface area contributed by atoms with Gasteiger partial charge in [-0.1, -0.05) is 37.0 Å². The van der Waals surface area contributed by atoms with E-state index in [9.17, 15) is 19.6 Å². The quantitative estimate of drug-likeness (QED) is 0.244. The number of anilines is 1.